The van der Waals surface area contributed by atoms with Crippen molar-refractivity contribution in [2.24, 2.45) is 0 Å². The molecule has 1 aromatic rings. The average molecular weight is 283 g/mol. The first-order chi connectivity index (χ1) is 9.13. The van der Waals surface area contributed by atoms with E-state index in [1.54, 1.807) is 20.3 Å². The fourth-order valence-electron chi connectivity index (χ4n) is 1.90. The highest BCUT2D eigenvalue weighted by Crippen LogP contribution is 2.24. The minimum Gasteiger partial charge on any atom is -0.383 e. The maximum absolute atomic E-state index is 8.89. The molecule has 0 radical (unpaired) electrons. The molecule has 0 heterocycles. The zero-order valence-electron chi connectivity index (χ0n) is 11.5. The molecule has 0 fully saturated rings. The van der Waals surface area contributed by atoms with Gasteiger partial charge in [0.1, 0.15) is 6.07 Å². The molecule has 1 unspecified atom stereocenters. The van der Waals surface area contributed by atoms with E-state index in [2.05, 4.69) is 17.9 Å². The van der Waals surface area contributed by atoms with E-state index in [1.165, 1.54) is 0 Å². The topological polar surface area (TPSA) is 45.5 Å². The van der Waals surface area contributed by atoms with Gasteiger partial charge >= 0.3 is 0 Å². The summed E-state index contributed by atoms with van der Waals surface area (Å²) in [4.78, 5) is 2.15. The van der Waals surface area contributed by atoms with Crippen LogP contribution in [0, 0.1) is 11.3 Å². The molecule has 0 bridgehead atoms. The van der Waals surface area contributed by atoms with Crippen molar-refractivity contribution in [2.75, 3.05) is 38.9 Å². The van der Waals surface area contributed by atoms with Gasteiger partial charge in [0.25, 0.3) is 0 Å². The van der Waals surface area contributed by atoms with Gasteiger partial charge < -0.3 is 14.4 Å². The number of ether oxygens (including phenoxy) is 2. The number of benzene rings is 1. The summed E-state index contributed by atoms with van der Waals surface area (Å²) in [5, 5.41) is 9.36. The Kier molecular flexibility index (Phi) is 6.65. The summed E-state index contributed by atoms with van der Waals surface area (Å²) in [5.74, 6) is 0. The van der Waals surface area contributed by atoms with Crippen LogP contribution in [0.15, 0.2) is 18.2 Å². The van der Waals surface area contributed by atoms with Crippen molar-refractivity contribution in [3.63, 3.8) is 0 Å². The fraction of sp³-hybridized carbons (Fsp3) is 0.500. The molecule has 1 aromatic carbocycles. The van der Waals surface area contributed by atoms with Crippen molar-refractivity contribution < 1.29 is 9.47 Å². The molecule has 104 valence electrons. The average Bonchev–Trinajstić information content (AvgIpc) is 2.39. The molecule has 0 N–H and O–H groups in total. The number of nitriles is 1. The van der Waals surface area contributed by atoms with Gasteiger partial charge in [-0.15, -0.1) is 0 Å². The first-order valence-electron chi connectivity index (χ1n) is 6.08. The molecule has 0 aliphatic heterocycles. The molecule has 0 aliphatic carbocycles. The standard InChI is InChI=1S/C14H19ClN2O2/c1-11(10-19-3)17(6-7-18-2)13-5-4-12(9-16)14(15)8-13/h4-5,8,11H,6-7,10H2,1-3H3. The van der Waals surface area contributed by atoms with Gasteiger partial charge in [-0.3, -0.25) is 0 Å². The van der Waals surface area contributed by atoms with E-state index in [9.17, 15) is 0 Å². The number of halogens is 1. The third-order valence-corrected chi connectivity index (χ3v) is 3.19. The lowest BCUT2D eigenvalue weighted by Gasteiger charge is -2.31. The van der Waals surface area contributed by atoms with Crippen molar-refractivity contribution in [3.8, 4) is 6.07 Å². The van der Waals surface area contributed by atoms with Gasteiger partial charge in [-0.25, -0.2) is 0 Å². The molecule has 0 aliphatic rings. The lowest BCUT2D eigenvalue weighted by Crippen LogP contribution is -2.38. The molecular weight excluding hydrogens is 264 g/mol. The molecule has 4 nitrogen and oxygen atoms in total. The quantitative estimate of drug-likeness (QED) is 0.771. The number of rotatable bonds is 7. The van der Waals surface area contributed by atoms with E-state index in [-0.39, 0.29) is 6.04 Å². The van der Waals surface area contributed by atoms with Gasteiger partial charge in [0, 0.05) is 32.5 Å². The van der Waals surface area contributed by atoms with E-state index in [0.29, 0.717) is 23.8 Å². The van der Waals surface area contributed by atoms with E-state index in [0.717, 1.165) is 12.2 Å². The van der Waals surface area contributed by atoms with Crippen LogP contribution < -0.4 is 4.90 Å². The second kappa shape index (κ2) is 8.00. The summed E-state index contributed by atoms with van der Waals surface area (Å²) in [5.41, 5.74) is 1.45. The molecule has 0 saturated carbocycles. The Morgan fingerprint density at radius 1 is 1.37 bits per heavy atom. The maximum atomic E-state index is 8.89. The number of nitrogens with zero attached hydrogens (tertiary/aromatic N) is 2. The van der Waals surface area contributed by atoms with Crippen molar-refractivity contribution >= 4 is 17.3 Å². The predicted octanol–water partition coefficient (Wildman–Crippen LogP) is 2.70. The highest BCUT2D eigenvalue weighted by Gasteiger charge is 2.15. The maximum Gasteiger partial charge on any atom is 0.101 e. The molecule has 5 heteroatoms. The normalized spacial score (nSPS) is 11.9. The van der Waals surface area contributed by atoms with Crippen LogP contribution in [0.3, 0.4) is 0 Å². The summed E-state index contributed by atoms with van der Waals surface area (Å²) < 4.78 is 10.3. The Morgan fingerprint density at radius 3 is 2.63 bits per heavy atom. The summed E-state index contributed by atoms with van der Waals surface area (Å²) in [6.45, 7) is 4.04. The summed E-state index contributed by atoms with van der Waals surface area (Å²) in [6, 6.07) is 7.69. The van der Waals surface area contributed by atoms with Crippen molar-refractivity contribution in [1.82, 2.24) is 0 Å². The molecule has 1 rings (SSSR count). The fourth-order valence-corrected chi connectivity index (χ4v) is 2.12. The van der Waals surface area contributed by atoms with Crippen molar-refractivity contribution in [1.29, 1.82) is 5.26 Å². The second-order valence-electron chi connectivity index (χ2n) is 4.27. The van der Waals surface area contributed by atoms with Gasteiger partial charge in [0.2, 0.25) is 0 Å². The van der Waals surface area contributed by atoms with Gasteiger partial charge in [-0.1, -0.05) is 11.6 Å². The molecule has 0 saturated heterocycles. The van der Waals surface area contributed by atoms with Crippen LogP contribution in [0.1, 0.15) is 12.5 Å². The molecular formula is C14H19ClN2O2. The summed E-state index contributed by atoms with van der Waals surface area (Å²) in [7, 11) is 3.35. The van der Waals surface area contributed by atoms with Crippen LogP contribution in [0.25, 0.3) is 0 Å². The van der Waals surface area contributed by atoms with E-state index < -0.39 is 0 Å². The zero-order valence-corrected chi connectivity index (χ0v) is 12.3. The van der Waals surface area contributed by atoms with E-state index in [1.807, 2.05) is 12.1 Å². The number of hydrogen-bond acceptors (Lipinski definition) is 4. The summed E-state index contributed by atoms with van der Waals surface area (Å²) in [6.07, 6.45) is 0. The van der Waals surface area contributed by atoms with Gasteiger partial charge in [-0.05, 0) is 25.1 Å². The predicted molar refractivity (Wildman–Crippen MR) is 76.7 cm³/mol. The van der Waals surface area contributed by atoms with Crippen LogP contribution in [0.5, 0.6) is 0 Å². The Hall–Kier alpha value is -1.28. The van der Waals surface area contributed by atoms with Crippen molar-refractivity contribution in [3.05, 3.63) is 28.8 Å². The number of hydrogen-bond donors (Lipinski definition) is 0. The van der Waals surface area contributed by atoms with Gasteiger partial charge in [0.05, 0.1) is 23.8 Å². The Labute approximate surface area is 119 Å². The molecule has 0 aromatic heterocycles. The van der Waals surface area contributed by atoms with E-state index >= 15 is 0 Å². The molecule has 19 heavy (non-hydrogen) atoms. The minimum absolute atomic E-state index is 0.198. The van der Waals surface area contributed by atoms with Crippen LogP contribution in [0.4, 0.5) is 5.69 Å². The molecule has 0 amide bonds. The molecule has 1 atom stereocenters. The SMILES string of the molecule is COCCN(c1ccc(C#N)c(Cl)c1)C(C)COC. The highest BCUT2D eigenvalue weighted by atomic mass is 35.5. The van der Waals surface area contributed by atoms with Crippen LogP contribution >= 0.6 is 11.6 Å². The lowest BCUT2D eigenvalue weighted by atomic mass is 10.1. The third kappa shape index (κ3) is 4.39. The smallest absolute Gasteiger partial charge is 0.101 e. The monoisotopic (exact) mass is 282 g/mol. The van der Waals surface area contributed by atoms with Crippen LogP contribution in [-0.4, -0.2) is 40.0 Å². The van der Waals surface area contributed by atoms with Crippen molar-refractivity contribution in [2.45, 2.75) is 13.0 Å². The first kappa shape index (κ1) is 15.8. The van der Waals surface area contributed by atoms with Crippen LogP contribution in [-0.2, 0) is 9.47 Å². The largest absolute Gasteiger partial charge is 0.383 e. The Morgan fingerprint density at radius 2 is 2.11 bits per heavy atom. The number of anilines is 1. The highest BCUT2D eigenvalue weighted by molar-refractivity contribution is 6.32. The summed E-state index contributed by atoms with van der Waals surface area (Å²) >= 11 is 6.08. The Balaban J connectivity index is 2.96. The molecule has 0 spiro atoms. The minimum atomic E-state index is 0.198. The van der Waals surface area contributed by atoms with Gasteiger partial charge in [-0.2, -0.15) is 5.26 Å². The van der Waals surface area contributed by atoms with Gasteiger partial charge in [0.15, 0.2) is 0 Å². The lowest BCUT2D eigenvalue weighted by molar-refractivity contribution is 0.171. The zero-order chi connectivity index (χ0) is 14.3. The van der Waals surface area contributed by atoms with Crippen LogP contribution in [0.2, 0.25) is 5.02 Å². The first-order valence-corrected chi connectivity index (χ1v) is 6.46. The second-order valence-corrected chi connectivity index (χ2v) is 4.67. The van der Waals surface area contributed by atoms with E-state index in [4.69, 9.17) is 26.3 Å². The third-order valence-electron chi connectivity index (χ3n) is 2.88. The Bertz CT molecular complexity index is 446. The number of methoxy groups -OCH3 is 2.